The van der Waals surface area contributed by atoms with Crippen LogP contribution in [-0.2, 0) is 9.59 Å². The number of carboxylic acid groups (broad SMARTS) is 1. The van der Waals surface area contributed by atoms with Crippen molar-refractivity contribution in [3.05, 3.63) is 33.9 Å². The molecule has 0 aliphatic rings. The van der Waals surface area contributed by atoms with Crippen LogP contribution in [-0.4, -0.2) is 48.1 Å². The molecule has 0 saturated carbocycles. The predicted octanol–water partition coefficient (Wildman–Crippen LogP) is 0.884. The highest BCUT2D eigenvalue weighted by Gasteiger charge is 2.21. The second-order valence-electron chi connectivity index (χ2n) is 5.31. The number of non-ortho nitro benzene ring substituents is 1. The Hall–Kier alpha value is -2.52. The van der Waals surface area contributed by atoms with Crippen molar-refractivity contribution in [3.8, 4) is 0 Å². The molecule has 0 spiro atoms. The van der Waals surface area contributed by atoms with Crippen LogP contribution < -0.4 is 16.0 Å². The van der Waals surface area contributed by atoms with Gasteiger partial charge >= 0.3 is 5.97 Å². The van der Waals surface area contributed by atoms with E-state index >= 15 is 0 Å². The van der Waals surface area contributed by atoms with Crippen molar-refractivity contribution in [2.24, 2.45) is 0 Å². The summed E-state index contributed by atoms with van der Waals surface area (Å²) in [7, 11) is 1.80. The Morgan fingerprint density at radius 2 is 2.04 bits per heavy atom. The first kappa shape index (κ1) is 19.5. The van der Waals surface area contributed by atoms with Gasteiger partial charge in [0, 0.05) is 12.1 Å². The third kappa shape index (κ3) is 6.31. The minimum Gasteiger partial charge on any atom is -0.480 e. The van der Waals surface area contributed by atoms with E-state index in [0.29, 0.717) is 17.8 Å². The molecular formula is C15H22N4O5. The summed E-state index contributed by atoms with van der Waals surface area (Å²) in [6.45, 7) is 2.89. The second kappa shape index (κ2) is 9.58. The van der Waals surface area contributed by atoms with Crippen molar-refractivity contribution >= 4 is 23.3 Å². The maximum atomic E-state index is 12.1. The van der Waals surface area contributed by atoms with Crippen LogP contribution in [0.1, 0.15) is 18.4 Å². The molecular weight excluding hydrogens is 316 g/mol. The van der Waals surface area contributed by atoms with E-state index in [2.05, 4.69) is 16.0 Å². The van der Waals surface area contributed by atoms with Crippen molar-refractivity contribution in [2.45, 2.75) is 25.8 Å². The number of carbonyl (C=O) groups is 2. The number of anilines is 1. The number of nitro benzene ring substituents is 1. The molecule has 4 N–H and O–H groups in total. The van der Waals surface area contributed by atoms with Crippen molar-refractivity contribution < 1.29 is 19.6 Å². The van der Waals surface area contributed by atoms with Crippen molar-refractivity contribution in [1.29, 1.82) is 0 Å². The molecule has 0 radical (unpaired) electrons. The summed E-state index contributed by atoms with van der Waals surface area (Å²) in [6.07, 6.45) is 0.461. The van der Waals surface area contributed by atoms with Gasteiger partial charge in [-0.25, -0.2) is 0 Å². The van der Waals surface area contributed by atoms with E-state index in [1.807, 2.05) is 0 Å². The van der Waals surface area contributed by atoms with E-state index < -0.39 is 22.8 Å². The third-order valence-electron chi connectivity index (χ3n) is 3.39. The number of hydrogen-bond acceptors (Lipinski definition) is 6. The summed E-state index contributed by atoms with van der Waals surface area (Å²) in [5, 5.41) is 28.2. The van der Waals surface area contributed by atoms with E-state index in [1.165, 1.54) is 18.2 Å². The van der Waals surface area contributed by atoms with Crippen molar-refractivity contribution in [3.63, 3.8) is 0 Å². The second-order valence-corrected chi connectivity index (χ2v) is 5.31. The maximum absolute atomic E-state index is 12.1. The predicted molar refractivity (Wildman–Crippen MR) is 89.1 cm³/mol. The lowest BCUT2D eigenvalue weighted by Crippen LogP contribution is -2.40. The number of rotatable bonds is 10. The molecule has 0 bridgehead atoms. The van der Waals surface area contributed by atoms with Gasteiger partial charge < -0.3 is 21.1 Å². The van der Waals surface area contributed by atoms with Gasteiger partial charge in [-0.15, -0.1) is 0 Å². The van der Waals surface area contributed by atoms with E-state index in [9.17, 15) is 19.7 Å². The summed E-state index contributed by atoms with van der Waals surface area (Å²) in [4.78, 5) is 33.5. The quantitative estimate of drug-likeness (QED) is 0.283. The average Bonchev–Trinajstić information content (AvgIpc) is 2.52. The minimum atomic E-state index is -1.12. The SMILES string of the molecule is CNCCCNC(CC(=O)Nc1cc([N+](=O)[O-])ccc1C)C(=O)O. The van der Waals surface area contributed by atoms with E-state index in [0.717, 1.165) is 13.0 Å². The first-order valence-electron chi connectivity index (χ1n) is 7.50. The molecule has 1 atom stereocenters. The number of aryl methyl sites for hydroxylation is 1. The third-order valence-corrected chi connectivity index (χ3v) is 3.39. The van der Waals surface area contributed by atoms with Crippen LogP contribution in [0.25, 0.3) is 0 Å². The highest BCUT2D eigenvalue weighted by Crippen LogP contribution is 2.22. The summed E-state index contributed by atoms with van der Waals surface area (Å²) < 4.78 is 0. The Morgan fingerprint density at radius 1 is 1.33 bits per heavy atom. The van der Waals surface area contributed by atoms with Crippen LogP contribution in [0.2, 0.25) is 0 Å². The number of nitrogens with zero attached hydrogens (tertiary/aromatic N) is 1. The lowest BCUT2D eigenvalue weighted by Gasteiger charge is -2.15. The number of aliphatic carboxylic acids is 1. The van der Waals surface area contributed by atoms with E-state index in [1.54, 1.807) is 14.0 Å². The van der Waals surface area contributed by atoms with Crippen molar-refractivity contribution in [1.82, 2.24) is 10.6 Å². The molecule has 0 aromatic heterocycles. The van der Waals surface area contributed by atoms with Gasteiger partial charge in [0.25, 0.3) is 5.69 Å². The molecule has 1 unspecified atom stereocenters. The first-order chi connectivity index (χ1) is 11.3. The molecule has 0 aliphatic carbocycles. The molecule has 1 aromatic carbocycles. The van der Waals surface area contributed by atoms with Gasteiger partial charge in [-0.2, -0.15) is 0 Å². The Bertz CT molecular complexity index is 606. The van der Waals surface area contributed by atoms with E-state index in [-0.39, 0.29) is 12.1 Å². The number of nitrogens with one attached hydrogen (secondary N) is 3. The Kier molecular flexibility index (Phi) is 7.80. The Balaban J connectivity index is 2.67. The summed E-state index contributed by atoms with van der Waals surface area (Å²) >= 11 is 0. The number of amides is 1. The molecule has 0 saturated heterocycles. The molecule has 0 heterocycles. The highest BCUT2D eigenvalue weighted by atomic mass is 16.6. The molecule has 9 heteroatoms. The topological polar surface area (TPSA) is 134 Å². The van der Waals surface area contributed by atoms with Crippen LogP contribution in [0, 0.1) is 17.0 Å². The zero-order chi connectivity index (χ0) is 18.1. The van der Waals surface area contributed by atoms with Gasteiger partial charge in [0.2, 0.25) is 5.91 Å². The molecule has 24 heavy (non-hydrogen) atoms. The smallest absolute Gasteiger partial charge is 0.321 e. The van der Waals surface area contributed by atoms with Gasteiger partial charge in [0.05, 0.1) is 17.0 Å². The Labute approximate surface area is 139 Å². The number of carbonyl (C=O) groups excluding carboxylic acids is 1. The number of hydrogen-bond donors (Lipinski definition) is 4. The fourth-order valence-corrected chi connectivity index (χ4v) is 2.03. The summed E-state index contributed by atoms with van der Waals surface area (Å²) in [5.41, 5.74) is 0.812. The summed E-state index contributed by atoms with van der Waals surface area (Å²) in [6, 6.07) is 3.11. The average molecular weight is 338 g/mol. The van der Waals surface area contributed by atoms with Gasteiger partial charge in [0.15, 0.2) is 0 Å². The molecule has 9 nitrogen and oxygen atoms in total. The van der Waals surface area contributed by atoms with E-state index in [4.69, 9.17) is 5.11 Å². The van der Waals surface area contributed by atoms with Gasteiger partial charge in [-0.3, -0.25) is 19.7 Å². The summed E-state index contributed by atoms with van der Waals surface area (Å²) in [5.74, 6) is -1.64. The minimum absolute atomic E-state index is 0.143. The molecule has 1 amide bonds. The molecule has 0 aliphatic heterocycles. The number of nitro groups is 1. The fourth-order valence-electron chi connectivity index (χ4n) is 2.03. The van der Waals surface area contributed by atoms with Crippen LogP contribution in [0.5, 0.6) is 0 Å². The van der Waals surface area contributed by atoms with Crippen molar-refractivity contribution in [2.75, 3.05) is 25.5 Å². The normalized spacial score (nSPS) is 11.8. The largest absolute Gasteiger partial charge is 0.480 e. The monoisotopic (exact) mass is 338 g/mol. The molecule has 1 aromatic rings. The van der Waals surface area contributed by atoms with Crippen LogP contribution in [0.4, 0.5) is 11.4 Å². The van der Waals surface area contributed by atoms with Gasteiger partial charge in [-0.1, -0.05) is 6.07 Å². The fraction of sp³-hybridized carbons (Fsp3) is 0.467. The van der Waals surface area contributed by atoms with Crippen LogP contribution >= 0.6 is 0 Å². The molecule has 132 valence electrons. The first-order valence-corrected chi connectivity index (χ1v) is 7.50. The maximum Gasteiger partial charge on any atom is 0.321 e. The van der Waals surface area contributed by atoms with Crippen LogP contribution in [0.15, 0.2) is 18.2 Å². The lowest BCUT2D eigenvalue weighted by molar-refractivity contribution is -0.384. The lowest BCUT2D eigenvalue weighted by atomic mass is 10.1. The van der Waals surface area contributed by atoms with Crippen LogP contribution in [0.3, 0.4) is 0 Å². The number of benzene rings is 1. The van der Waals surface area contributed by atoms with Gasteiger partial charge in [-0.05, 0) is 39.0 Å². The number of carboxylic acids is 1. The van der Waals surface area contributed by atoms with Gasteiger partial charge in [0.1, 0.15) is 6.04 Å². The Morgan fingerprint density at radius 3 is 2.62 bits per heavy atom. The molecule has 0 fully saturated rings. The standard InChI is InChI=1S/C15H22N4O5/c1-10-4-5-11(19(23)24)8-12(10)18-14(20)9-13(15(21)22)17-7-3-6-16-2/h4-5,8,13,16-17H,3,6-7,9H2,1-2H3,(H,18,20)(H,21,22). The highest BCUT2D eigenvalue weighted by molar-refractivity contribution is 5.94. The zero-order valence-electron chi connectivity index (χ0n) is 13.7. The molecule has 1 rings (SSSR count). The zero-order valence-corrected chi connectivity index (χ0v) is 13.7.